The molecule has 4 aromatic heterocycles. The SMILES string of the molecule is C.C.CC(=N[S@@](=O)C(C)(C)C)c1cc2cc(Cl)ccc2[nH]c1=O.CC(=O)c1cc2cc(Cl)ccc2[nH]c1=O.CC(C)(C)[S@@](N)=O.CC1=CC(=O)OC(C)(C)O1.C[C@H](N)c1cc2cc(Cl)ccc2[nH]c1=O.C[C@H](N[S@@](=O)C(C)(C)C)c1cc2cc(Cl)ccc2[nH]c1=O.Cl.Nc1ccc(Cl)cc1C=O.S.S.S.S.[B].[H-].[Na+]. The molecule has 5 atom stereocenters. The smallest absolute Gasteiger partial charge is 1.00 e. The molecule has 0 spiro atoms. The molecule has 11 N–H and O–H groups in total. The van der Waals surface area contributed by atoms with Crippen LogP contribution < -0.4 is 73.1 Å². The number of nitrogens with two attached hydrogens (primary N) is 3. The number of cyclic esters (lactones) is 1. The predicted molar refractivity (Wildman–Crippen MR) is 478 cm³/mol. The van der Waals surface area contributed by atoms with Crippen LogP contribution >= 0.6 is 124 Å². The molecule has 5 aromatic carbocycles. The van der Waals surface area contributed by atoms with Crippen molar-refractivity contribution in [2.24, 2.45) is 15.3 Å². The first kappa shape index (κ1) is 114. The van der Waals surface area contributed by atoms with Crippen LogP contribution in [-0.2, 0) is 47.2 Å². The number of aromatic amines is 4. The number of Topliss-reactive ketones (excluding diaryl/α,β-unsaturated/α-hetero) is 1. The molecule has 0 saturated carbocycles. The summed E-state index contributed by atoms with van der Waals surface area (Å²) in [6.45, 7) is 28.4. The van der Waals surface area contributed by atoms with Gasteiger partial charge in [-0.25, -0.2) is 22.1 Å². The van der Waals surface area contributed by atoms with Gasteiger partial charge in [0.15, 0.2) is 12.1 Å². The Hall–Kier alpha value is -4.71. The van der Waals surface area contributed by atoms with E-state index in [1.807, 2.05) is 69.2 Å². The van der Waals surface area contributed by atoms with Gasteiger partial charge in [0.1, 0.15) is 16.7 Å². The third kappa shape index (κ3) is 36.8. The van der Waals surface area contributed by atoms with Gasteiger partial charge in [0.05, 0.1) is 59.1 Å². The van der Waals surface area contributed by atoms with Gasteiger partial charge in [-0.05, 0) is 212 Å². The van der Waals surface area contributed by atoms with Crippen LogP contribution in [0, 0.1) is 0 Å². The fraction of sp³-hybridized carbons (Fsp3) is 0.333. The first-order valence-corrected chi connectivity index (χ1v) is 35.5. The van der Waals surface area contributed by atoms with Gasteiger partial charge < -0.3 is 42.3 Å². The molecule has 3 radical (unpaired) electrons. The summed E-state index contributed by atoms with van der Waals surface area (Å²) in [7, 11) is -3.83. The number of hydrogen-bond donors (Lipinski definition) is 8. The van der Waals surface area contributed by atoms with Crippen LogP contribution in [0.3, 0.4) is 0 Å². The van der Waals surface area contributed by atoms with E-state index in [1.165, 1.54) is 19.1 Å². The van der Waals surface area contributed by atoms with Crippen molar-refractivity contribution in [3.05, 3.63) is 221 Å². The van der Waals surface area contributed by atoms with Crippen molar-refractivity contribution in [2.45, 2.75) is 158 Å². The van der Waals surface area contributed by atoms with E-state index in [0.717, 1.165) is 32.6 Å². The topological polar surface area (TPSA) is 355 Å². The number of pyridine rings is 4. The van der Waals surface area contributed by atoms with Crippen molar-refractivity contribution in [3.63, 3.8) is 0 Å². The number of aromatic nitrogens is 4. The Bertz CT molecular complexity index is 4890. The first-order valence-electron chi connectivity index (χ1n) is 30.2. The number of rotatable bonds is 8. The number of hydrogen-bond acceptors (Lipinski definition) is 14. The number of aldehydes is 1. The number of carbonyl (C=O) groups is 3. The molecule has 0 saturated heterocycles. The molecule has 0 fully saturated rings. The van der Waals surface area contributed by atoms with Crippen LogP contribution in [0.25, 0.3) is 43.6 Å². The standard InChI is InChI=1S/C15H19ClN2O2S.C15H17ClN2O2S.C11H11ClN2O.C11H8ClNO2.C7H6ClNO.C7H10O3.C4H11NOS.2CH4.B.ClH.Na.4H2S.H/c2*1-9(18-21(20)15(2,3)4)12-8-10-7-11(16)5-6-13(10)17-14(12)19;1-6(13)9-5-7-4-8(12)2-3-10(7)14-11(9)15;1-6(14)9-5-7-4-8(12)2-3-10(7)13-11(9)15;8-6-1-2-7(9)5(3-6)4-10;1-5-4-6(8)10-7(2,3)9-5;1-4(2,3)7(5)6;;;;;;;;;;/h5-9,18H,1-4H3,(H,17,19);5-8H,1-4H3,(H,17,19);2-6H,13H2,1H3,(H,14,15);2-5H,1H3,(H,13,15);1-4H,9H2;4H,1-3H3;5H2,1-3H3;2*1H4;;1H;;4*1H2;/q;;;;;;;;;;;+1;;;;;-1/t9-,21-;21-;6-;;;;7-;;;;;;;;;;/m000...0........../s1. The molecule has 9 aromatic rings. The molecule has 593 valence electrons. The molecule has 0 aliphatic carbocycles. The molecule has 1 aliphatic rings. The monoisotopic (exact) mass is 1750 g/mol. The molecule has 0 unspecified atom stereocenters. The number of esters is 1. The van der Waals surface area contributed by atoms with E-state index in [2.05, 4.69) is 29.1 Å². The van der Waals surface area contributed by atoms with Crippen LogP contribution in [-0.4, -0.2) is 84.8 Å². The van der Waals surface area contributed by atoms with Crippen molar-refractivity contribution in [3.8, 4) is 0 Å². The summed E-state index contributed by atoms with van der Waals surface area (Å²) in [6, 6.07) is 32.0. The van der Waals surface area contributed by atoms with Gasteiger partial charge in [-0.15, -0.1) is 12.4 Å². The van der Waals surface area contributed by atoms with Gasteiger partial charge in [-0.1, -0.05) is 72.9 Å². The third-order valence-corrected chi connectivity index (χ3v) is 19.0. The van der Waals surface area contributed by atoms with Crippen LogP contribution in [0.2, 0.25) is 25.1 Å². The van der Waals surface area contributed by atoms with E-state index in [0.29, 0.717) is 81.8 Å². The summed E-state index contributed by atoms with van der Waals surface area (Å²) in [6.07, 6.45) is 2.01. The van der Waals surface area contributed by atoms with Gasteiger partial charge in [0.25, 0.3) is 22.2 Å². The zero-order chi connectivity index (χ0) is 75.0. The second kappa shape index (κ2) is 50.4. The zero-order valence-electron chi connectivity index (χ0n) is 62.5. The van der Waals surface area contributed by atoms with Crippen molar-refractivity contribution in [2.75, 3.05) is 5.73 Å². The van der Waals surface area contributed by atoms with Crippen molar-refractivity contribution < 1.29 is 67.5 Å². The molecule has 108 heavy (non-hydrogen) atoms. The molecule has 5 heterocycles. The Kier molecular flexibility index (Phi) is 53.3. The summed E-state index contributed by atoms with van der Waals surface area (Å²) in [4.78, 5) is 90.4. The van der Waals surface area contributed by atoms with Gasteiger partial charge >= 0.3 is 35.5 Å². The van der Waals surface area contributed by atoms with Crippen molar-refractivity contribution in [1.82, 2.24) is 24.7 Å². The van der Waals surface area contributed by atoms with E-state index in [1.54, 1.807) is 144 Å². The molecule has 21 nitrogen and oxygen atoms in total. The van der Waals surface area contributed by atoms with Crippen LogP contribution in [0.1, 0.15) is 177 Å². The molecule has 1 aliphatic heterocycles. The number of H-pyrrole nitrogens is 4. The first-order chi connectivity index (χ1) is 45.7. The molecule has 0 amide bonds. The largest absolute Gasteiger partial charge is 1.00 e. The average Bonchev–Trinajstić information content (AvgIpc) is 0.819. The maximum atomic E-state index is 12.2. The Balaban J connectivity index is -0.000000225. The molecular weight excluding hydrogens is 1650 g/mol. The molecule has 10 rings (SSSR count). The number of halogens is 6. The molecule has 36 heteroatoms. The Morgan fingerprint density at radius 1 is 0.574 bits per heavy atom. The van der Waals surface area contributed by atoms with Crippen molar-refractivity contribution >= 4 is 239 Å². The number of nitrogens with zero attached hydrogens (tertiary/aromatic N) is 1. The summed E-state index contributed by atoms with van der Waals surface area (Å²) in [5, 5.41) is 11.3. The number of fused-ring (bicyclic) bond motifs is 4. The summed E-state index contributed by atoms with van der Waals surface area (Å²) >= 11 is 29.2. The number of nitrogen functional groups attached to an aromatic ring is 1. The fourth-order valence-corrected chi connectivity index (χ4v) is 10.5. The van der Waals surface area contributed by atoms with E-state index < -0.39 is 43.5 Å². The number of ketones is 1. The Labute approximate surface area is 724 Å². The normalized spacial score (nSPS) is 13.0. The predicted octanol–water partition coefficient (Wildman–Crippen LogP) is 13.6. The van der Waals surface area contributed by atoms with Crippen LogP contribution in [0.15, 0.2) is 151 Å². The quantitative estimate of drug-likeness (QED) is 0.0175. The maximum Gasteiger partial charge on any atom is 1.00 e. The summed E-state index contributed by atoms with van der Waals surface area (Å²) in [5.74, 6) is -0.788. The average molecular weight is 1750 g/mol. The number of benzene rings is 5. The Morgan fingerprint density at radius 3 is 1.25 bits per heavy atom. The minimum Gasteiger partial charge on any atom is -1.00 e. The number of ether oxygens (including phenoxy) is 2. The number of carbonyl (C=O) groups excluding carboxylic acids is 3. The van der Waals surface area contributed by atoms with E-state index >= 15 is 0 Å². The van der Waals surface area contributed by atoms with Gasteiger partial charge in [0.2, 0.25) is 5.79 Å². The van der Waals surface area contributed by atoms with Gasteiger partial charge in [-0.2, -0.15) is 58.4 Å². The Morgan fingerprint density at radius 2 is 0.917 bits per heavy atom. The second-order valence-electron chi connectivity index (χ2n) is 25.6. The fourth-order valence-electron chi connectivity index (χ4n) is 8.17. The summed E-state index contributed by atoms with van der Waals surface area (Å²) < 4.78 is 50.6. The van der Waals surface area contributed by atoms with Gasteiger partial charge in [-0.3, -0.25) is 33.9 Å². The number of anilines is 1. The zero-order valence-corrected chi connectivity index (χ0v) is 74.5. The van der Waals surface area contributed by atoms with E-state index in [4.69, 9.17) is 84.1 Å². The summed E-state index contributed by atoms with van der Waals surface area (Å²) in [5.41, 5.74) is 16.1. The van der Waals surface area contributed by atoms with Gasteiger partial charge in [0, 0.05) is 125 Å². The molecular formula is C72H100BCl6N9NaO12S7. The van der Waals surface area contributed by atoms with E-state index in [-0.39, 0.29) is 182 Å². The minimum absolute atomic E-state index is 0. The number of nitrogens with one attached hydrogen (secondary N) is 5. The van der Waals surface area contributed by atoms with E-state index in [9.17, 15) is 46.2 Å². The second-order valence-corrected chi connectivity index (χ2v) is 33.5. The van der Waals surface area contributed by atoms with Crippen LogP contribution in [0.4, 0.5) is 5.69 Å². The maximum absolute atomic E-state index is 12.2. The molecule has 0 bridgehead atoms. The minimum atomic E-state index is -1.41. The third-order valence-electron chi connectivity index (χ3n) is 13.4. The number of allylic oxidation sites excluding steroid dienone is 1. The van der Waals surface area contributed by atoms with Crippen LogP contribution in [0.5, 0.6) is 0 Å². The van der Waals surface area contributed by atoms with Crippen molar-refractivity contribution in [1.29, 1.82) is 0 Å².